The van der Waals surface area contributed by atoms with Crippen molar-refractivity contribution in [2.45, 2.75) is 25.8 Å². The standard InChI is InChI=1S/C21H20FN5O/c1-14(25-21(28)15-4-6-16(22)7-5-15)17-8-9-19-18(26-17)3-2-12-27(19)20-10-11-23-13-24-20/h4-11,13-14H,2-3,12H2,1H3,(H,25,28)/t14-/m0/s1. The number of fused-ring (bicyclic) bond motifs is 1. The van der Waals surface area contributed by atoms with Crippen molar-refractivity contribution >= 4 is 17.4 Å². The minimum absolute atomic E-state index is 0.255. The van der Waals surface area contributed by atoms with Gasteiger partial charge in [-0.15, -0.1) is 0 Å². The number of nitrogens with one attached hydrogen (secondary N) is 1. The summed E-state index contributed by atoms with van der Waals surface area (Å²) in [6.07, 6.45) is 5.12. The van der Waals surface area contributed by atoms with E-state index >= 15 is 0 Å². The molecule has 1 aliphatic heterocycles. The van der Waals surface area contributed by atoms with Crippen LogP contribution in [0.5, 0.6) is 0 Å². The molecule has 0 saturated heterocycles. The molecule has 1 atom stereocenters. The van der Waals surface area contributed by atoms with Gasteiger partial charge in [0.15, 0.2) is 0 Å². The molecule has 0 fully saturated rings. The molecule has 3 heterocycles. The summed E-state index contributed by atoms with van der Waals surface area (Å²) in [6, 6.07) is 11.1. The van der Waals surface area contributed by atoms with Gasteiger partial charge in [0.2, 0.25) is 0 Å². The summed E-state index contributed by atoms with van der Waals surface area (Å²) in [5.41, 5.74) is 3.23. The molecule has 1 aliphatic rings. The van der Waals surface area contributed by atoms with E-state index in [9.17, 15) is 9.18 Å². The van der Waals surface area contributed by atoms with E-state index in [-0.39, 0.29) is 17.8 Å². The highest BCUT2D eigenvalue weighted by molar-refractivity contribution is 5.94. The average Bonchev–Trinajstić information content (AvgIpc) is 2.74. The number of hydrogen-bond donors (Lipinski definition) is 1. The van der Waals surface area contributed by atoms with Crippen molar-refractivity contribution < 1.29 is 9.18 Å². The Morgan fingerprint density at radius 3 is 2.75 bits per heavy atom. The highest BCUT2D eigenvalue weighted by Gasteiger charge is 2.22. The summed E-state index contributed by atoms with van der Waals surface area (Å²) in [7, 11) is 0. The minimum Gasteiger partial charge on any atom is -0.344 e. The number of halogens is 1. The molecule has 0 radical (unpaired) electrons. The van der Waals surface area contributed by atoms with Crippen LogP contribution in [0, 0.1) is 5.82 Å². The van der Waals surface area contributed by atoms with Gasteiger partial charge in [-0.25, -0.2) is 14.4 Å². The molecular formula is C21H20FN5O. The fraction of sp³-hybridized carbons (Fsp3) is 0.238. The number of anilines is 2. The van der Waals surface area contributed by atoms with E-state index in [0.29, 0.717) is 5.56 Å². The molecule has 0 saturated carbocycles. The predicted molar refractivity (Wildman–Crippen MR) is 104 cm³/mol. The first-order valence-electron chi connectivity index (χ1n) is 9.21. The Hall–Kier alpha value is -3.35. The lowest BCUT2D eigenvalue weighted by Gasteiger charge is -2.30. The van der Waals surface area contributed by atoms with Gasteiger partial charge >= 0.3 is 0 Å². The summed E-state index contributed by atoms with van der Waals surface area (Å²) in [4.78, 5) is 27.6. The molecule has 0 spiro atoms. The number of amides is 1. The first-order valence-corrected chi connectivity index (χ1v) is 9.21. The first-order chi connectivity index (χ1) is 13.6. The normalized spacial score (nSPS) is 14.3. The van der Waals surface area contributed by atoms with Crippen LogP contribution in [0.15, 0.2) is 55.0 Å². The van der Waals surface area contributed by atoms with Gasteiger partial charge in [-0.2, -0.15) is 0 Å². The number of aryl methyl sites for hydroxylation is 1. The van der Waals surface area contributed by atoms with Crippen LogP contribution in [0.25, 0.3) is 0 Å². The van der Waals surface area contributed by atoms with Gasteiger partial charge in [-0.1, -0.05) is 0 Å². The number of pyridine rings is 1. The Kier molecular flexibility index (Phi) is 4.97. The number of benzene rings is 1. The Morgan fingerprint density at radius 2 is 2.00 bits per heavy atom. The quantitative estimate of drug-likeness (QED) is 0.752. The van der Waals surface area contributed by atoms with Crippen molar-refractivity contribution in [2.75, 3.05) is 11.4 Å². The molecule has 0 unspecified atom stereocenters. The monoisotopic (exact) mass is 377 g/mol. The Bertz CT molecular complexity index is 978. The molecule has 142 valence electrons. The van der Waals surface area contributed by atoms with Gasteiger partial charge in [-0.05, 0) is 62.2 Å². The van der Waals surface area contributed by atoms with Crippen LogP contribution < -0.4 is 10.2 Å². The molecule has 1 N–H and O–H groups in total. The third kappa shape index (κ3) is 3.69. The molecule has 2 aromatic heterocycles. The maximum Gasteiger partial charge on any atom is 0.251 e. The molecule has 0 bridgehead atoms. The smallest absolute Gasteiger partial charge is 0.251 e. The second-order valence-electron chi connectivity index (χ2n) is 6.73. The highest BCUT2D eigenvalue weighted by atomic mass is 19.1. The van der Waals surface area contributed by atoms with Crippen LogP contribution in [-0.4, -0.2) is 27.4 Å². The van der Waals surface area contributed by atoms with Gasteiger partial charge in [0.05, 0.1) is 23.1 Å². The number of carbonyl (C=O) groups excluding carboxylic acids is 1. The second-order valence-corrected chi connectivity index (χ2v) is 6.73. The Morgan fingerprint density at radius 1 is 1.18 bits per heavy atom. The van der Waals surface area contributed by atoms with Crippen molar-refractivity contribution in [2.24, 2.45) is 0 Å². The van der Waals surface area contributed by atoms with Crippen LogP contribution in [0.1, 0.15) is 41.1 Å². The number of aromatic nitrogens is 3. The van der Waals surface area contributed by atoms with Crippen LogP contribution in [0.4, 0.5) is 15.9 Å². The summed E-state index contributed by atoms with van der Waals surface area (Å²) in [5.74, 6) is 0.229. The molecule has 28 heavy (non-hydrogen) atoms. The second kappa shape index (κ2) is 7.72. The number of rotatable bonds is 4. The van der Waals surface area contributed by atoms with E-state index in [0.717, 1.165) is 42.3 Å². The number of hydrogen-bond acceptors (Lipinski definition) is 5. The van der Waals surface area contributed by atoms with Gasteiger partial charge < -0.3 is 10.2 Å². The van der Waals surface area contributed by atoms with Crippen molar-refractivity contribution in [1.82, 2.24) is 20.3 Å². The van der Waals surface area contributed by atoms with Crippen molar-refractivity contribution in [1.29, 1.82) is 0 Å². The fourth-order valence-corrected chi connectivity index (χ4v) is 3.34. The van der Waals surface area contributed by atoms with Crippen LogP contribution in [-0.2, 0) is 6.42 Å². The fourth-order valence-electron chi connectivity index (χ4n) is 3.34. The topological polar surface area (TPSA) is 71.0 Å². The van der Waals surface area contributed by atoms with Crippen molar-refractivity contribution in [3.63, 3.8) is 0 Å². The third-order valence-electron chi connectivity index (χ3n) is 4.80. The lowest BCUT2D eigenvalue weighted by molar-refractivity contribution is 0.0939. The minimum atomic E-state index is -0.366. The van der Waals surface area contributed by atoms with E-state index in [1.54, 1.807) is 12.5 Å². The number of nitrogens with zero attached hydrogens (tertiary/aromatic N) is 4. The van der Waals surface area contributed by atoms with Gasteiger partial charge in [0.1, 0.15) is 18.0 Å². The van der Waals surface area contributed by atoms with E-state index in [1.807, 2.05) is 25.1 Å². The molecule has 3 aromatic rings. The zero-order valence-corrected chi connectivity index (χ0v) is 15.5. The van der Waals surface area contributed by atoms with Crippen LogP contribution in [0.3, 0.4) is 0 Å². The largest absolute Gasteiger partial charge is 0.344 e. The van der Waals surface area contributed by atoms with Crippen molar-refractivity contribution in [3.8, 4) is 0 Å². The van der Waals surface area contributed by atoms with Crippen molar-refractivity contribution in [3.05, 3.63) is 77.8 Å². The average molecular weight is 377 g/mol. The molecule has 7 heteroatoms. The van der Waals surface area contributed by atoms with E-state index < -0.39 is 0 Å². The lowest BCUT2D eigenvalue weighted by atomic mass is 10.1. The molecule has 4 rings (SSSR count). The maximum absolute atomic E-state index is 13.0. The summed E-state index contributed by atoms with van der Waals surface area (Å²) in [6.45, 7) is 2.77. The van der Waals surface area contributed by atoms with Crippen LogP contribution >= 0.6 is 0 Å². The number of carbonyl (C=O) groups is 1. The van der Waals surface area contributed by atoms with Gasteiger partial charge in [0, 0.05) is 18.3 Å². The first kappa shape index (κ1) is 18.0. The van der Waals surface area contributed by atoms with Gasteiger partial charge in [0.25, 0.3) is 5.91 Å². The summed E-state index contributed by atoms with van der Waals surface area (Å²) in [5, 5.41) is 2.92. The lowest BCUT2D eigenvalue weighted by Crippen LogP contribution is -2.29. The molecule has 1 aromatic carbocycles. The maximum atomic E-state index is 13.0. The zero-order chi connectivity index (χ0) is 19.5. The Balaban J connectivity index is 1.53. The molecular weight excluding hydrogens is 357 g/mol. The summed E-state index contributed by atoms with van der Waals surface area (Å²) >= 11 is 0. The van der Waals surface area contributed by atoms with E-state index in [4.69, 9.17) is 4.98 Å². The zero-order valence-electron chi connectivity index (χ0n) is 15.5. The molecule has 6 nitrogen and oxygen atoms in total. The summed E-state index contributed by atoms with van der Waals surface area (Å²) < 4.78 is 13.0. The molecule has 1 amide bonds. The highest BCUT2D eigenvalue weighted by Crippen LogP contribution is 2.32. The predicted octanol–water partition coefficient (Wildman–Crippen LogP) is 3.59. The molecule has 0 aliphatic carbocycles. The van der Waals surface area contributed by atoms with Crippen LogP contribution in [0.2, 0.25) is 0 Å². The SMILES string of the molecule is C[C@H](NC(=O)c1ccc(F)cc1)c1ccc2c(n1)CCCN2c1ccncn1. The third-order valence-corrected chi connectivity index (χ3v) is 4.80. The van der Waals surface area contributed by atoms with E-state index in [2.05, 4.69) is 20.2 Å². The Labute approximate surface area is 162 Å². The van der Waals surface area contributed by atoms with Gasteiger partial charge in [-0.3, -0.25) is 9.78 Å². The van der Waals surface area contributed by atoms with E-state index in [1.165, 1.54) is 24.3 Å².